The Morgan fingerprint density at radius 2 is 2.08 bits per heavy atom. The van der Waals surface area contributed by atoms with Gasteiger partial charge in [0.05, 0.1) is 6.54 Å². The van der Waals surface area contributed by atoms with E-state index in [1.165, 1.54) is 31.5 Å². The molecule has 3 aliphatic rings. The van der Waals surface area contributed by atoms with Crippen molar-refractivity contribution in [3.8, 4) is 0 Å². The molecule has 3 heterocycles. The van der Waals surface area contributed by atoms with E-state index in [4.69, 9.17) is 5.73 Å². The van der Waals surface area contributed by atoms with Gasteiger partial charge in [0.1, 0.15) is 11.5 Å². The number of aromatic amines is 1. The molecule has 4 N–H and O–H groups in total. The first-order valence-electron chi connectivity index (χ1n) is 9.12. The lowest BCUT2D eigenvalue weighted by Gasteiger charge is -2.32. The van der Waals surface area contributed by atoms with Crippen LogP contribution < -0.4 is 21.6 Å². The number of carbonyl (C=O) groups is 1. The molecule has 1 aromatic rings. The molecule has 1 saturated heterocycles. The molecule has 0 radical (unpaired) electrons. The second-order valence-electron chi connectivity index (χ2n) is 7.21. The van der Waals surface area contributed by atoms with Crippen molar-refractivity contribution in [1.29, 1.82) is 0 Å². The lowest BCUT2D eigenvalue weighted by Crippen LogP contribution is -2.43. The molecular formula is C18H24N6O2. The number of H-pyrrole nitrogens is 1. The first-order chi connectivity index (χ1) is 12.6. The van der Waals surface area contributed by atoms with Crippen LogP contribution in [0.15, 0.2) is 28.6 Å². The quantitative estimate of drug-likeness (QED) is 0.733. The van der Waals surface area contributed by atoms with Gasteiger partial charge < -0.3 is 16.0 Å². The molecule has 1 unspecified atom stereocenters. The monoisotopic (exact) mass is 356 g/mol. The molecule has 1 atom stereocenters. The number of hydrogen-bond donors (Lipinski definition) is 3. The fraction of sp³-hybridized carbons (Fsp3) is 0.500. The fourth-order valence-corrected chi connectivity index (χ4v) is 3.94. The first kappa shape index (κ1) is 16.8. The lowest BCUT2D eigenvalue weighted by atomic mass is 9.95. The predicted octanol–water partition coefficient (Wildman–Crippen LogP) is 0.709. The van der Waals surface area contributed by atoms with Crippen molar-refractivity contribution in [2.24, 2.45) is 5.92 Å². The molecular weight excluding hydrogens is 332 g/mol. The second-order valence-corrected chi connectivity index (χ2v) is 7.21. The molecule has 26 heavy (non-hydrogen) atoms. The van der Waals surface area contributed by atoms with Crippen molar-refractivity contribution in [2.45, 2.75) is 19.3 Å². The van der Waals surface area contributed by atoms with Crippen LogP contribution in [0.1, 0.15) is 19.3 Å². The van der Waals surface area contributed by atoms with Gasteiger partial charge in [0, 0.05) is 13.1 Å². The number of nitrogens with zero attached hydrogens (tertiary/aromatic N) is 3. The second kappa shape index (κ2) is 6.95. The number of allylic oxidation sites excluding steroid dienone is 1. The number of nitrogens with two attached hydrogens (primary N) is 1. The molecule has 0 saturated carbocycles. The summed E-state index contributed by atoms with van der Waals surface area (Å²) in [4.78, 5) is 34.6. The van der Waals surface area contributed by atoms with Crippen LogP contribution in [-0.2, 0) is 4.79 Å². The fourth-order valence-electron chi connectivity index (χ4n) is 3.94. The largest absolute Gasteiger partial charge is 0.383 e. The number of anilines is 3. The summed E-state index contributed by atoms with van der Waals surface area (Å²) in [6.07, 6.45) is 10.2. The van der Waals surface area contributed by atoms with Crippen LogP contribution >= 0.6 is 0 Å². The third-order valence-electron chi connectivity index (χ3n) is 5.12. The van der Waals surface area contributed by atoms with Crippen LogP contribution in [0.5, 0.6) is 0 Å². The molecule has 2 aliphatic heterocycles. The third kappa shape index (κ3) is 3.50. The van der Waals surface area contributed by atoms with Crippen molar-refractivity contribution in [1.82, 2.24) is 14.9 Å². The maximum atomic E-state index is 12.0. The van der Waals surface area contributed by atoms with E-state index >= 15 is 0 Å². The number of fused-ring (bicyclic) bond motifs is 1. The predicted molar refractivity (Wildman–Crippen MR) is 101 cm³/mol. The van der Waals surface area contributed by atoms with Gasteiger partial charge in [-0.1, -0.05) is 18.2 Å². The Morgan fingerprint density at radius 3 is 2.88 bits per heavy atom. The summed E-state index contributed by atoms with van der Waals surface area (Å²) in [6, 6.07) is 0. The zero-order valence-electron chi connectivity index (χ0n) is 14.7. The van der Waals surface area contributed by atoms with Crippen molar-refractivity contribution in [2.75, 3.05) is 48.7 Å². The van der Waals surface area contributed by atoms with Gasteiger partial charge in [-0.2, -0.15) is 4.98 Å². The van der Waals surface area contributed by atoms with Crippen LogP contribution in [0.4, 0.5) is 17.3 Å². The number of carbonyl (C=O) groups excluding carboxylic acids is 1. The van der Waals surface area contributed by atoms with E-state index in [2.05, 4.69) is 38.4 Å². The van der Waals surface area contributed by atoms with Crippen LogP contribution in [-0.4, -0.2) is 53.5 Å². The van der Waals surface area contributed by atoms with Crippen molar-refractivity contribution in [3.63, 3.8) is 0 Å². The van der Waals surface area contributed by atoms with Gasteiger partial charge in [-0.3, -0.25) is 14.7 Å². The highest BCUT2D eigenvalue weighted by Crippen LogP contribution is 2.31. The van der Waals surface area contributed by atoms with Crippen LogP contribution in [0.3, 0.4) is 0 Å². The SMILES string of the molecule is Nc1[nH]c(=O)nc2c1NC(=O)CN2CC1C=C(CN2CCCC2)C=CC1. The number of nitrogen functional groups attached to an aromatic ring is 1. The van der Waals surface area contributed by atoms with Crippen LogP contribution in [0.2, 0.25) is 0 Å². The summed E-state index contributed by atoms with van der Waals surface area (Å²) in [7, 11) is 0. The number of hydrogen-bond acceptors (Lipinski definition) is 6. The van der Waals surface area contributed by atoms with E-state index in [1.54, 1.807) is 0 Å². The van der Waals surface area contributed by atoms with E-state index in [-0.39, 0.29) is 24.2 Å². The molecule has 8 heteroatoms. The summed E-state index contributed by atoms with van der Waals surface area (Å²) in [6.45, 7) is 4.13. The third-order valence-corrected chi connectivity index (χ3v) is 5.12. The Hall–Kier alpha value is -2.61. The van der Waals surface area contributed by atoms with E-state index in [0.717, 1.165) is 13.0 Å². The van der Waals surface area contributed by atoms with Crippen LogP contribution in [0.25, 0.3) is 0 Å². The van der Waals surface area contributed by atoms with E-state index in [0.29, 0.717) is 18.1 Å². The summed E-state index contributed by atoms with van der Waals surface area (Å²) in [5.41, 5.74) is 7.06. The smallest absolute Gasteiger partial charge is 0.348 e. The van der Waals surface area contributed by atoms with Gasteiger partial charge >= 0.3 is 5.69 Å². The van der Waals surface area contributed by atoms with Gasteiger partial charge in [0.25, 0.3) is 0 Å². The molecule has 1 aromatic heterocycles. The minimum atomic E-state index is -0.504. The number of aromatic nitrogens is 2. The van der Waals surface area contributed by atoms with Crippen LogP contribution in [0, 0.1) is 5.92 Å². The minimum Gasteiger partial charge on any atom is -0.383 e. The number of likely N-dealkylation sites (tertiary alicyclic amines) is 1. The highest BCUT2D eigenvalue weighted by molar-refractivity contribution is 6.02. The Bertz CT molecular complexity index is 821. The topological polar surface area (TPSA) is 107 Å². The molecule has 1 amide bonds. The van der Waals surface area contributed by atoms with Crippen molar-refractivity contribution < 1.29 is 4.79 Å². The zero-order chi connectivity index (χ0) is 18.1. The van der Waals surface area contributed by atoms with E-state index < -0.39 is 5.69 Å². The van der Waals surface area contributed by atoms with E-state index in [9.17, 15) is 9.59 Å². The van der Waals surface area contributed by atoms with Crippen molar-refractivity contribution in [3.05, 3.63) is 34.3 Å². The number of rotatable bonds is 4. The zero-order valence-corrected chi connectivity index (χ0v) is 14.7. The van der Waals surface area contributed by atoms with Gasteiger partial charge in [0.15, 0.2) is 5.82 Å². The summed E-state index contributed by atoms with van der Waals surface area (Å²) in [5.74, 6) is 0.728. The lowest BCUT2D eigenvalue weighted by molar-refractivity contribution is -0.115. The average molecular weight is 356 g/mol. The Morgan fingerprint density at radius 1 is 1.27 bits per heavy atom. The average Bonchev–Trinajstić information content (AvgIpc) is 3.09. The summed E-state index contributed by atoms with van der Waals surface area (Å²) < 4.78 is 0. The first-order valence-corrected chi connectivity index (χ1v) is 9.12. The molecule has 4 rings (SSSR count). The molecule has 0 spiro atoms. The maximum absolute atomic E-state index is 12.0. The number of amides is 1. The number of nitrogens with one attached hydrogen (secondary N) is 2. The van der Waals surface area contributed by atoms with Gasteiger partial charge in [0.2, 0.25) is 5.91 Å². The Labute approximate surface area is 151 Å². The van der Waals surface area contributed by atoms with Gasteiger partial charge in [-0.25, -0.2) is 4.79 Å². The van der Waals surface area contributed by atoms with Gasteiger partial charge in [-0.05, 0) is 43.8 Å². The minimum absolute atomic E-state index is 0.145. The molecule has 138 valence electrons. The molecule has 1 fully saturated rings. The maximum Gasteiger partial charge on any atom is 0.348 e. The standard InChI is InChI=1S/C18H24N6O2/c19-16-15-17(22-18(26)21-16)24(11-14(25)20-15)10-13-5-3-4-12(8-13)9-23-6-1-2-7-23/h3-4,8,13H,1-2,5-7,9-11H2,(H,20,25)(H3,19,21,22,26). The molecule has 8 nitrogen and oxygen atoms in total. The molecule has 0 bridgehead atoms. The van der Waals surface area contributed by atoms with Crippen molar-refractivity contribution >= 4 is 23.2 Å². The highest BCUT2D eigenvalue weighted by Gasteiger charge is 2.28. The summed E-state index contributed by atoms with van der Waals surface area (Å²) >= 11 is 0. The summed E-state index contributed by atoms with van der Waals surface area (Å²) in [5, 5.41) is 2.71. The van der Waals surface area contributed by atoms with E-state index in [1.807, 2.05) is 4.90 Å². The van der Waals surface area contributed by atoms with Gasteiger partial charge in [-0.15, -0.1) is 0 Å². The molecule has 0 aromatic carbocycles. The Kier molecular flexibility index (Phi) is 4.50. The normalized spacial score (nSPS) is 22.9. The molecule has 1 aliphatic carbocycles. The highest BCUT2D eigenvalue weighted by atomic mass is 16.2. The Balaban J connectivity index is 1.52.